The van der Waals surface area contributed by atoms with Gasteiger partial charge < -0.3 is 5.32 Å². The van der Waals surface area contributed by atoms with Gasteiger partial charge in [0.2, 0.25) is 0 Å². The Kier molecular flexibility index (Phi) is 4.51. The molecular weight excluding hydrogens is 290 g/mol. The Bertz CT molecular complexity index is 659. The molecule has 6 nitrogen and oxygen atoms in total. The van der Waals surface area contributed by atoms with Crippen LogP contribution in [0.2, 0.25) is 0 Å². The Hall–Kier alpha value is -1.63. The van der Waals surface area contributed by atoms with Gasteiger partial charge >= 0.3 is 0 Å². The van der Waals surface area contributed by atoms with Crippen molar-refractivity contribution in [2.45, 2.75) is 39.8 Å². The summed E-state index contributed by atoms with van der Waals surface area (Å²) in [5, 5.41) is 8.29. The number of aromatic nitrogens is 2. The lowest BCUT2D eigenvalue weighted by Gasteiger charge is -2.10. The summed E-state index contributed by atoms with van der Waals surface area (Å²) in [4.78, 5) is 12.3. The summed E-state index contributed by atoms with van der Waals surface area (Å²) in [6.45, 7) is 6.71. The third kappa shape index (κ3) is 3.93. The van der Waals surface area contributed by atoms with Crippen molar-refractivity contribution in [3.8, 4) is 0 Å². The predicted octanol–water partition coefficient (Wildman–Crippen LogP) is 1.14. The van der Waals surface area contributed by atoms with Crippen LogP contribution in [0.15, 0.2) is 17.6 Å². The summed E-state index contributed by atoms with van der Waals surface area (Å²) in [6, 6.07) is 1.32. The molecule has 1 N–H and O–H groups in total. The highest BCUT2D eigenvalue weighted by molar-refractivity contribution is 7.94. The molecule has 7 heteroatoms. The Morgan fingerprint density at radius 1 is 1.52 bits per heavy atom. The van der Waals surface area contributed by atoms with E-state index >= 15 is 0 Å². The molecule has 1 atom stereocenters. The van der Waals surface area contributed by atoms with Gasteiger partial charge in [0.05, 0.1) is 17.5 Å². The van der Waals surface area contributed by atoms with E-state index in [1.165, 1.54) is 6.08 Å². The van der Waals surface area contributed by atoms with Crippen LogP contribution in [0.25, 0.3) is 0 Å². The number of amides is 1. The zero-order valence-electron chi connectivity index (χ0n) is 12.5. The quantitative estimate of drug-likeness (QED) is 0.884. The number of hydrogen-bond donors (Lipinski definition) is 1. The summed E-state index contributed by atoms with van der Waals surface area (Å²) < 4.78 is 24.4. The third-order valence-corrected chi connectivity index (χ3v) is 4.62. The molecule has 2 heterocycles. The maximum absolute atomic E-state index is 12.3. The maximum Gasteiger partial charge on any atom is 0.270 e. The van der Waals surface area contributed by atoms with Crippen molar-refractivity contribution in [1.82, 2.24) is 15.1 Å². The molecule has 1 aliphatic rings. The van der Waals surface area contributed by atoms with E-state index in [0.717, 1.165) is 17.5 Å². The number of nitrogens with zero attached hydrogens (tertiary/aromatic N) is 2. The average molecular weight is 311 g/mol. The van der Waals surface area contributed by atoms with Gasteiger partial charge in [0.25, 0.3) is 5.91 Å². The highest BCUT2D eigenvalue weighted by Gasteiger charge is 2.25. The van der Waals surface area contributed by atoms with E-state index in [1.54, 1.807) is 10.7 Å². The summed E-state index contributed by atoms with van der Waals surface area (Å²) in [6.07, 6.45) is 2.32. The fraction of sp³-hybridized carbons (Fsp3) is 0.571. The molecule has 0 radical (unpaired) electrons. The molecule has 0 aromatic carbocycles. The first-order chi connectivity index (χ1) is 9.80. The van der Waals surface area contributed by atoms with Crippen LogP contribution < -0.4 is 5.32 Å². The monoisotopic (exact) mass is 311 g/mol. The highest BCUT2D eigenvalue weighted by atomic mass is 32.2. The standard InChI is InChI=1S/C14H21N3O3S/c1-4-17-13(8-12(16-17)7-10(2)3)14(18)15-11-5-6-21(19,20)9-11/h5-6,8,10-11H,4,7,9H2,1-3H3,(H,15,18)/t11-/m0/s1. The zero-order valence-corrected chi connectivity index (χ0v) is 13.4. The van der Waals surface area contributed by atoms with Gasteiger partial charge in [-0.25, -0.2) is 8.42 Å². The van der Waals surface area contributed by atoms with Gasteiger partial charge in [-0.1, -0.05) is 13.8 Å². The van der Waals surface area contributed by atoms with Crippen LogP contribution in [0, 0.1) is 5.92 Å². The van der Waals surface area contributed by atoms with Gasteiger partial charge in [-0.15, -0.1) is 0 Å². The van der Waals surface area contributed by atoms with Crippen LogP contribution in [0.4, 0.5) is 0 Å². The van der Waals surface area contributed by atoms with Crippen molar-refractivity contribution >= 4 is 15.7 Å². The first kappa shape index (κ1) is 15.8. The molecule has 0 saturated carbocycles. The molecule has 116 valence electrons. The van der Waals surface area contributed by atoms with Gasteiger partial charge in [-0.05, 0) is 31.4 Å². The number of rotatable bonds is 5. The van der Waals surface area contributed by atoms with Crippen molar-refractivity contribution in [3.05, 3.63) is 28.9 Å². The van der Waals surface area contributed by atoms with Gasteiger partial charge in [-0.3, -0.25) is 9.48 Å². The molecule has 1 aromatic rings. The molecule has 1 aromatic heterocycles. The Balaban J connectivity index is 2.12. The fourth-order valence-electron chi connectivity index (χ4n) is 2.32. The van der Waals surface area contributed by atoms with E-state index in [1.807, 2.05) is 6.92 Å². The van der Waals surface area contributed by atoms with Crippen molar-refractivity contribution in [1.29, 1.82) is 0 Å². The Morgan fingerprint density at radius 3 is 2.76 bits per heavy atom. The van der Waals surface area contributed by atoms with Crippen LogP contribution in [-0.2, 0) is 22.8 Å². The van der Waals surface area contributed by atoms with E-state index in [2.05, 4.69) is 24.3 Å². The lowest BCUT2D eigenvalue weighted by atomic mass is 10.1. The van der Waals surface area contributed by atoms with E-state index < -0.39 is 15.9 Å². The first-order valence-corrected chi connectivity index (χ1v) is 8.81. The molecule has 0 saturated heterocycles. The van der Waals surface area contributed by atoms with Crippen LogP contribution in [0.5, 0.6) is 0 Å². The molecule has 0 spiro atoms. The fourth-order valence-corrected chi connectivity index (χ4v) is 3.56. The van der Waals surface area contributed by atoms with Crippen molar-refractivity contribution in [3.63, 3.8) is 0 Å². The minimum Gasteiger partial charge on any atom is -0.343 e. The second-order valence-electron chi connectivity index (χ2n) is 5.67. The number of aryl methyl sites for hydroxylation is 1. The first-order valence-electron chi connectivity index (χ1n) is 7.09. The number of carbonyl (C=O) groups excluding carboxylic acids is 1. The summed E-state index contributed by atoms with van der Waals surface area (Å²) in [5.74, 6) is 0.104. The number of nitrogens with one attached hydrogen (secondary N) is 1. The lowest BCUT2D eigenvalue weighted by molar-refractivity contribution is 0.0937. The summed E-state index contributed by atoms with van der Waals surface area (Å²) in [7, 11) is -3.17. The van der Waals surface area contributed by atoms with E-state index in [-0.39, 0.29) is 11.7 Å². The van der Waals surface area contributed by atoms with E-state index in [4.69, 9.17) is 0 Å². The van der Waals surface area contributed by atoms with Crippen molar-refractivity contribution < 1.29 is 13.2 Å². The number of hydrogen-bond acceptors (Lipinski definition) is 4. The normalized spacial score (nSPS) is 20.1. The average Bonchev–Trinajstić information content (AvgIpc) is 2.92. The van der Waals surface area contributed by atoms with Gasteiger partial charge in [-0.2, -0.15) is 5.10 Å². The topological polar surface area (TPSA) is 81.1 Å². The third-order valence-electron chi connectivity index (χ3n) is 3.23. The maximum atomic E-state index is 12.3. The molecule has 0 fully saturated rings. The second-order valence-corrected chi connectivity index (χ2v) is 7.60. The molecule has 0 bridgehead atoms. The van der Waals surface area contributed by atoms with E-state index in [9.17, 15) is 13.2 Å². The summed E-state index contributed by atoms with van der Waals surface area (Å²) >= 11 is 0. The van der Waals surface area contributed by atoms with Crippen LogP contribution >= 0.6 is 0 Å². The lowest BCUT2D eigenvalue weighted by Crippen LogP contribution is -2.36. The highest BCUT2D eigenvalue weighted by Crippen LogP contribution is 2.12. The van der Waals surface area contributed by atoms with Gasteiger partial charge in [0.1, 0.15) is 5.69 Å². The van der Waals surface area contributed by atoms with Gasteiger partial charge in [0, 0.05) is 12.0 Å². The second kappa shape index (κ2) is 6.01. The minimum atomic E-state index is -3.17. The van der Waals surface area contributed by atoms with Crippen molar-refractivity contribution in [2.24, 2.45) is 5.92 Å². The SMILES string of the molecule is CCn1nc(CC(C)C)cc1C(=O)N[C@H]1C=CS(=O)(=O)C1. The van der Waals surface area contributed by atoms with Crippen molar-refractivity contribution in [2.75, 3.05) is 5.75 Å². The molecule has 0 unspecified atom stereocenters. The predicted molar refractivity (Wildman–Crippen MR) is 80.6 cm³/mol. The van der Waals surface area contributed by atoms with Crippen LogP contribution in [-0.4, -0.2) is 35.9 Å². The zero-order chi connectivity index (χ0) is 15.6. The Labute approximate surface area is 125 Å². The molecular formula is C14H21N3O3S. The minimum absolute atomic E-state index is 0.0716. The molecule has 2 rings (SSSR count). The van der Waals surface area contributed by atoms with Crippen LogP contribution in [0.3, 0.4) is 0 Å². The number of sulfone groups is 1. The largest absolute Gasteiger partial charge is 0.343 e. The molecule has 1 aliphatic heterocycles. The summed E-state index contributed by atoms with van der Waals surface area (Å²) in [5.41, 5.74) is 1.36. The molecule has 0 aliphatic carbocycles. The molecule has 21 heavy (non-hydrogen) atoms. The Morgan fingerprint density at radius 2 is 2.24 bits per heavy atom. The molecule has 1 amide bonds. The van der Waals surface area contributed by atoms with E-state index in [0.29, 0.717) is 18.2 Å². The number of carbonyl (C=O) groups is 1. The van der Waals surface area contributed by atoms with Gasteiger partial charge in [0.15, 0.2) is 9.84 Å². The smallest absolute Gasteiger partial charge is 0.270 e. The van der Waals surface area contributed by atoms with Crippen LogP contribution in [0.1, 0.15) is 37.0 Å².